The molecule has 2 unspecified atom stereocenters. The molecule has 0 aromatic heterocycles. The first-order valence-electron chi connectivity index (χ1n) is 15.6. The van der Waals surface area contributed by atoms with Gasteiger partial charge >= 0.3 is 0 Å². The van der Waals surface area contributed by atoms with E-state index in [9.17, 15) is 4.79 Å². The van der Waals surface area contributed by atoms with Crippen molar-refractivity contribution in [2.45, 2.75) is 77.0 Å². The number of nitrogens with one attached hydrogen (secondary N) is 2. The highest BCUT2D eigenvalue weighted by Gasteiger charge is 2.34. The topological polar surface area (TPSA) is 73.6 Å². The summed E-state index contributed by atoms with van der Waals surface area (Å²) in [4.78, 5) is 18.4. The highest BCUT2D eigenvalue weighted by Crippen LogP contribution is 2.23. The van der Waals surface area contributed by atoms with Crippen molar-refractivity contribution in [2.75, 3.05) is 39.3 Å². The minimum atomic E-state index is 0.0636. The van der Waals surface area contributed by atoms with Gasteiger partial charge in [0.2, 0.25) is 5.91 Å². The second kappa shape index (κ2) is 13.9. The Balaban J connectivity index is 1.23. The molecular formula is C35H49N5O. The number of benzene rings is 3. The summed E-state index contributed by atoms with van der Waals surface area (Å²) in [6.45, 7) is 12.2. The highest BCUT2D eigenvalue weighted by atomic mass is 16.2. The molecule has 2 aliphatic heterocycles. The van der Waals surface area contributed by atoms with Gasteiger partial charge in [-0.25, -0.2) is 0 Å². The number of nitrogens with two attached hydrogens (primary N) is 1. The molecule has 0 radical (unpaired) electrons. The van der Waals surface area contributed by atoms with E-state index in [2.05, 4.69) is 102 Å². The van der Waals surface area contributed by atoms with Gasteiger partial charge in [0.1, 0.15) is 0 Å². The van der Waals surface area contributed by atoms with Gasteiger partial charge in [0.15, 0.2) is 0 Å². The van der Waals surface area contributed by atoms with E-state index in [1.165, 1.54) is 33.9 Å². The summed E-state index contributed by atoms with van der Waals surface area (Å²) >= 11 is 0. The first kappa shape index (κ1) is 29.7. The Kier molecular flexibility index (Phi) is 10.1. The van der Waals surface area contributed by atoms with E-state index >= 15 is 0 Å². The number of hydrogen-bond acceptors (Lipinski definition) is 5. The zero-order valence-corrected chi connectivity index (χ0v) is 25.2. The number of nitrogens with zero attached hydrogens (tertiary/aromatic N) is 2. The quantitative estimate of drug-likeness (QED) is 0.309. The molecular weight excluding hydrogens is 506 g/mol. The average Bonchev–Trinajstić information content (AvgIpc) is 3.47. The van der Waals surface area contributed by atoms with Crippen LogP contribution in [0.25, 0.3) is 10.8 Å². The lowest BCUT2D eigenvalue weighted by atomic mass is 9.97. The van der Waals surface area contributed by atoms with Gasteiger partial charge in [0.25, 0.3) is 0 Å². The molecule has 4 atom stereocenters. The predicted octanol–water partition coefficient (Wildman–Crippen LogP) is 4.20. The molecule has 2 saturated heterocycles. The number of amides is 1. The molecule has 4 N–H and O–H groups in total. The van der Waals surface area contributed by atoms with Crippen LogP contribution in [0, 0.1) is 13.8 Å². The van der Waals surface area contributed by atoms with E-state index in [1.807, 2.05) is 0 Å². The monoisotopic (exact) mass is 555 g/mol. The summed E-state index contributed by atoms with van der Waals surface area (Å²) in [5.74, 6) is 0.229. The van der Waals surface area contributed by atoms with Gasteiger partial charge in [-0.2, -0.15) is 0 Å². The minimum Gasteiger partial charge on any atom is -0.337 e. The van der Waals surface area contributed by atoms with Gasteiger partial charge < -0.3 is 21.3 Å². The average molecular weight is 556 g/mol. The van der Waals surface area contributed by atoms with Crippen molar-refractivity contribution in [1.29, 1.82) is 0 Å². The molecule has 2 aliphatic rings. The number of carbonyl (C=O) groups is 1. The summed E-state index contributed by atoms with van der Waals surface area (Å²) < 4.78 is 0. The number of fused-ring (bicyclic) bond motifs is 1. The Bertz CT molecular complexity index is 1300. The maximum Gasteiger partial charge on any atom is 0.227 e. The first-order valence-corrected chi connectivity index (χ1v) is 15.6. The fourth-order valence-electron chi connectivity index (χ4n) is 6.78. The normalized spacial score (nSPS) is 22.3. The van der Waals surface area contributed by atoms with Crippen molar-refractivity contribution in [2.24, 2.45) is 5.73 Å². The second-order valence-corrected chi connectivity index (χ2v) is 12.5. The lowest BCUT2D eigenvalue weighted by Crippen LogP contribution is -2.61. The largest absolute Gasteiger partial charge is 0.337 e. The molecule has 6 heteroatoms. The molecule has 3 aromatic rings. The fraction of sp³-hybridized carbons (Fsp3) is 0.514. The van der Waals surface area contributed by atoms with E-state index in [0.29, 0.717) is 18.5 Å². The molecule has 2 heterocycles. The van der Waals surface area contributed by atoms with Gasteiger partial charge in [-0.15, -0.1) is 0 Å². The molecule has 5 rings (SSSR count). The van der Waals surface area contributed by atoms with Crippen LogP contribution in [0.2, 0.25) is 0 Å². The van der Waals surface area contributed by atoms with Crippen molar-refractivity contribution in [3.8, 4) is 0 Å². The molecule has 2 fully saturated rings. The fourth-order valence-corrected chi connectivity index (χ4v) is 6.78. The highest BCUT2D eigenvalue weighted by molar-refractivity contribution is 5.85. The predicted molar refractivity (Wildman–Crippen MR) is 170 cm³/mol. The Labute approximate surface area is 246 Å². The smallest absolute Gasteiger partial charge is 0.227 e. The van der Waals surface area contributed by atoms with Crippen LogP contribution in [0.5, 0.6) is 0 Å². The molecule has 0 bridgehead atoms. The van der Waals surface area contributed by atoms with E-state index < -0.39 is 0 Å². The van der Waals surface area contributed by atoms with Crippen LogP contribution in [0.3, 0.4) is 0 Å². The van der Waals surface area contributed by atoms with E-state index in [0.717, 1.165) is 64.1 Å². The molecule has 220 valence electrons. The van der Waals surface area contributed by atoms with Crippen molar-refractivity contribution in [3.63, 3.8) is 0 Å². The number of hydrogen-bond donors (Lipinski definition) is 3. The minimum absolute atomic E-state index is 0.0636. The Morgan fingerprint density at radius 1 is 1.07 bits per heavy atom. The van der Waals surface area contributed by atoms with Crippen LogP contribution in [0.1, 0.15) is 48.4 Å². The van der Waals surface area contributed by atoms with Crippen LogP contribution in [0.15, 0.2) is 60.7 Å². The van der Waals surface area contributed by atoms with Crippen LogP contribution < -0.4 is 16.4 Å². The van der Waals surface area contributed by atoms with Gasteiger partial charge in [-0.05, 0) is 87.0 Å². The SMILES string of the molecule is Cc1ccc(CC(N)CN2C[C@@H](C)N(C(=O)Cc3ccc4ccccc4c3)C[C@@H]2CCCNC2CCNC2)c(C)c1. The van der Waals surface area contributed by atoms with Crippen molar-refractivity contribution in [3.05, 3.63) is 82.9 Å². The van der Waals surface area contributed by atoms with Crippen molar-refractivity contribution >= 4 is 16.7 Å². The summed E-state index contributed by atoms with van der Waals surface area (Å²) in [5.41, 5.74) is 11.8. The third-order valence-electron chi connectivity index (χ3n) is 9.10. The lowest BCUT2D eigenvalue weighted by Gasteiger charge is -2.46. The molecule has 6 nitrogen and oxygen atoms in total. The third-order valence-corrected chi connectivity index (χ3v) is 9.10. The van der Waals surface area contributed by atoms with Gasteiger partial charge in [-0.1, -0.05) is 66.2 Å². The Hall–Kier alpha value is -2.77. The number of piperazine rings is 1. The number of carbonyl (C=O) groups excluding carboxylic acids is 1. The molecule has 3 aromatic carbocycles. The first-order chi connectivity index (χ1) is 19.9. The van der Waals surface area contributed by atoms with Gasteiger partial charge in [0, 0.05) is 50.3 Å². The molecule has 1 amide bonds. The standard InChI is InChI=1S/C35H49N5O/c1-25-10-12-30(26(2)17-25)20-32(36)23-39-22-27(3)40(24-34(39)9-6-15-38-33-14-16-37-21-33)35(41)19-28-11-13-29-7-4-5-8-31(29)18-28/h4-5,7-8,10-13,17-18,27,32-34,37-38H,6,9,14-16,19-24,36H2,1-3H3/t27-,32?,33?,34+/m1/s1. The number of aryl methyl sites for hydroxylation is 2. The van der Waals surface area contributed by atoms with Crippen LogP contribution >= 0.6 is 0 Å². The maximum absolute atomic E-state index is 13.7. The summed E-state index contributed by atoms with van der Waals surface area (Å²) in [5, 5.41) is 9.57. The summed E-state index contributed by atoms with van der Waals surface area (Å²) in [6.07, 6.45) is 4.70. The van der Waals surface area contributed by atoms with Crippen LogP contribution in [0.4, 0.5) is 0 Å². The van der Waals surface area contributed by atoms with Gasteiger partial charge in [-0.3, -0.25) is 9.69 Å². The third kappa shape index (κ3) is 7.95. The lowest BCUT2D eigenvalue weighted by molar-refractivity contribution is -0.136. The Morgan fingerprint density at radius 2 is 1.90 bits per heavy atom. The zero-order chi connectivity index (χ0) is 28.8. The number of rotatable bonds is 11. The van der Waals surface area contributed by atoms with Crippen LogP contribution in [-0.2, 0) is 17.6 Å². The summed E-state index contributed by atoms with van der Waals surface area (Å²) in [6, 6.07) is 22.6. The molecule has 41 heavy (non-hydrogen) atoms. The summed E-state index contributed by atoms with van der Waals surface area (Å²) in [7, 11) is 0. The van der Waals surface area contributed by atoms with E-state index in [4.69, 9.17) is 5.73 Å². The second-order valence-electron chi connectivity index (χ2n) is 12.5. The van der Waals surface area contributed by atoms with Crippen molar-refractivity contribution < 1.29 is 4.79 Å². The van der Waals surface area contributed by atoms with E-state index in [1.54, 1.807) is 0 Å². The maximum atomic E-state index is 13.7. The van der Waals surface area contributed by atoms with Crippen molar-refractivity contribution in [1.82, 2.24) is 20.4 Å². The zero-order valence-electron chi connectivity index (χ0n) is 25.2. The van der Waals surface area contributed by atoms with Crippen LogP contribution in [-0.4, -0.2) is 79.1 Å². The molecule has 0 aliphatic carbocycles. The molecule has 0 spiro atoms. The van der Waals surface area contributed by atoms with Gasteiger partial charge in [0.05, 0.1) is 6.42 Å². The Morgan fingerprint density at radius 3 is 2.68 bits per heavy atom. The van der Waals surface area contributed by atoms with E-state index in [-0.39, 0.29) is 18.0 Å². The molecule has 0 saturated carbocycles.